The summed E-state index contributed by atoms with van der Waals surface area (Å²) in [6.45, 7) is 6.80. The van der Waals surface area contributed by atoms with Crippen molar-refractivity contribution in [1.82, 2.24) is 20.9 Å². The summed E-state index contributed by atoms with van der Waals surface area (Å²) in [5, 5.41) is 8.12. The van der Waals surface area contributed by atoms with Gasteiger partial charge in [-0.3, -0.25) is 15.0 Å². The Labute approximate surface area is 115 Å². The van der Waals surface area contributed by atoms with Gasteiger partial charge >= 0.3 is 6.03 Å². The Bertz CT molecular complexity index is 303. The lowest BCUT2D eigenvalue weighted by molar-refractivity contribution is -0.125. The molecule has 0 aromatic rings. The van der Waals surface area contributed by atoms with E-state index in [4.69, 9.17) is 0 Å². The summed E-state index contributed by atoms with van der Waals surface area (Å²) in [4.78, 5) is 25.4. The molecule has 1 aliphatic rings. The third-order valence-corrected chi connectivity index (χ3v) is 3.56. The molecule has 1 fully saturated rings. The van der Waals surface area contributed by atoms with Crippen molar-refractivity contribution in [2.75, 3.05) is 26.7 Å². The standard InChI is InChI=1S/C13H26N4O2/c1-4-8-17(11-6-5-7-15-9-11)10(2)12(18)16-13(19)14-3/h10-11,15H,4-9H2,1-3H3,(H2,14,16,18,19). The van der Waals surface area contributed by atoms with E-state index in [2.05, 4.69) is 27.8 Å². The van der Waals surface area contributed by atoms with E-state index >= 15 is 0 Å². The molecule has 2 atom stereocenters. The molecule has 1 rings (SSSR count). The van der Waals surface area contributed by atoms with Crippen LogP contribution in [0.25, 0.3) is 0 Å². The number of carbonyl (C=O) groups is 2. The van der Waals surface area contributed by atoms with Crippen molar-refractivity contribution in [1.29, 1.82) is 0 Å². The van der Waals surface area contributed by atoms with Crippen LogP contribution in [-0.2, 0) is 4.79 Å². The van der Waals surface area contributed by atoms with Crippen molar-refractivity contribution in [3.8, 4) is 0 Å². The molecule has 0 saturated carbocycles. The average Bonchev–Trinajstić information content (AvgIpc) is 2.44. The van der Waals surface area contributed by atoms with Crippen molar-refractivity contribution in [2.24, 2.45) is 0 Å². The van der Waals surface area contributed by atoms with Gasteiger partial charge in [0, 0.05) is 19.6 Å². The van der Waals surface area contributed by atoms with E-state index in [0.29, 0.717) is 6.04 Å². The normalized spacial score (nSPS) is 20.9. The Kier molecular flexibility index (Phi) is 6.80. The van der Waals surface area contributed by atoms with Gasteiger partial charge in [-0.2, -0.15) is 0 Å². The van der Waals surface area contributed by atoms with Gasteiger partial charge in [-0.25, -0.2) is 4.79 Å². The van der Waals surface area contributed by atoms with Crippen LogP contribution in [0.4, 0.5) is 4.79 Å². The Morgan fingerprint density at radius 1 is 1.47 bits per heavy atom. The number of hydrogen-bond donors (Lipinski definition) is 3. The Morgan fingerprint density at radius 2 is 2.21 bits per heavy atom. The van der Waals surface area contributed by atoms with Crippen LogP contribution in [0.3, 0.4) is 0 Å². The lowest BCUT2D eigenvalue weighted by Gasteiger charge is -2.37. The molecule has 0 bridgehead atoms. The van der Waals surface area contributed by atoms with Gasteiger partial charge in [0.15, 0.2) is 0 Å². The van der Waals surface area contributed by atoms with Crippen molar-refractivity contribution in [3.05, 3.63) is 0 Å². The molecule has 110 valence electrons. The van der Waals surface area contributed by atoms with E-state index in [1.54, 1.807) is 0 Å². The Morgan fingerprint density at radius 3 is 2.74 bits per heavy atom. The van der Waals surface area contributed by atoms with E-state index in [1.165, 1.54) is 7.05 Å². The third-order valence-electron chi connectivity index (χ3n) is 3.56. The summed E-state index contributed by atoms with van der Waals surface area (Å²) in [6.07, 6.45) is 3.23. The highest BCUT2D eigenvalue weighted by Crippen LogP contribution is 2.14. The third kappa shape index (κ3) is 4.80. The molecular formula is C13H26N4O2. The Balaban J connectivity index is 2.62. The summed E-state index contributed by atoms with van der Waals surface area (Å²) < 4.78 is 0. The second-order valence-electron chi connectivity index (χ2n) is 4.98. The maximum absolute atomic E-state index is 12.0. The first kappa shape index (κ1) is 15.9. The summed E-state index contributed by atoms with van der Waals surface area (Å²) >= 11 is 0. The lowest BCUT2D eigenvalue weighted by Crippen LogP contribution is -2.55. The fourth-order valence-corrected chi connectivity index (χ4v) is 2.50. The topological polar surface area (TPSA) is 73.5 Å². The first-order valence-electron chi connectivity index (χ1n) is 7.09. The number of imide groups is 1. The van der Waals surface area contributed by atoms with Gasteiger partial charge in [0.1, 0.15) is 0 Å². The van der Waals surface area contributed by atoms with Gasteiger partial charge in [-0.05, 0) is 39.3 Å². The molecule has 1 saturated heterocycles. The zero-order valence-electron chi connectivity index (χ0n) is 12.2. The summed E-state index contributed by atoms with van der Waals surface area (Å²) in [7, 11) is 1.50. The van der Waals surface area contributed by atoms with Gasteiger partial charge in [0.05, 0.1) is 6.04 Å². The number of carbonyl (C=O) groups excluding carboxylic acids is 2. The van der Waals surface area contributed by atoms with Gasteiger partial charge in [-0.15, -0.1) is 0 Å². The van der Waals surface area contributed by atoms with Crippen LogP contribution in [0.15, 0.2) is 0 Å². The van der Waals surface area contributed by atoms with E-state index < -0.39 is 6.03 Å². The van der Waals surface area contributed by atoms with Crippen LogP contribution < -0.4 is 16.0 Å². The number of hydrogen-bond acceptors (Lipinski definition) is 4. The summed E-state index contributed by atoms with van der Waals surface area (Å²) in [5.41, 5.74) is 0. The SMILES string of the molecule is CCCN(C1CCCNC1)C(C)C(=O)NC(=O)NC. The van der Waals surface area contributed by atoms with Crippen LogP contribution in [0.5, 0.6) is 0 Å². The predicted octanol–water partition coefficient (Wildman–Crippen LogP) is 0.295. The molecule has 0 spiro atoms. The molecule has 1 heterocycles. The van der Waals surface area contributed by atoms with Gasteiger partial charge in [0.2, 0.25) is 5.91 Å². The van der Waals surface area contributed by atoms with Crippen molar-refractivity contribution in [3.63, 3.8) is 0 Å². The molecule has 3 amide bonds. The Hall–Kier alpha value is -1.14. The largest absolute Gasteiger partial charge is 0.341 e. The predicted molar refractivity (Wildman–Crippen MR) is 74.9 cm³/mol. The number of piperidine rings is 1. The maximum Gasteiger partial charge on any atom is 0.321 e. The molecule has 2 unspecified atom stereocenters. The highest BCUT2D eigenvalue weighted by molar-refractivity contribution is 5.96. The fourth-order valence-electron chi connectivity index (χ4n) is 2.50. The van der Waals surface area contributed by atoms with Crippen LogP contribution in [0.2, 0.25) is 0 Å². The lowest BCUT2D eigenvalue weighted by atomic mass is 10.0. The van der Waals surface area contributed by atoms with Gasteiger partial charge in [0.25, 0.3) is 0 Å². The quantitative estimate of drug-likeness (QED) is 0.671. The van der Waals surface area contributed by atoms with Crippen LogP contribution >= 0.6 is 0 Å². The molecule has 6 heteroatoms. The highest BCUT2D eigenvalue weighted by Gasteiger charge is 2.29. The van der Waals surface area contributed by atoms with E-state index in [-0.39, 0.29) is 11.9 Å². The van der Waals surface area contributed by atoms with E-state index in [1.807, 2.05) is 6.92 Å². The highest BCUT2D eigenvalue weighted by atomic mass is 16.2. The smallest absolute Gasteiger partial charge is 0.321 e. The number of amides is 3. The molecule has 0 aliphatic carbocycles. The molecular weight excluding hydrogens is 244 g/mol. The van der Waals surface area contributed by atoms with Crippen LogP contribution in [-0.4, -0.2) is 55.6 Å². The van der Waals surface area contributed by atoms with Crippen LogP contribution in [0.1, 0.15) is 33.1 Å². The zero-order chi connectivity index (χ0) is 14.3. The molecule has 6 nitrogen and oxygen atoms in total. The minimum atomic E-state index is -0.449. The minimum absolute atomic E-state index is 0.238. The molecule has 0 aromatic carbocycles. The number of nitrogens with one attached hydrogen (secondary N) is 3. The fraction of sp³-hybridized carbons (Fsp3) is 0.846. The van der Waals surface area contributed by atoms with E-state index in [0.717, 1.165) is 38.9 Å². The van der Waals surface area contributed by atoms with E-state index in [9.17, 15) is 9.59 Å². The molecule has 0 radical (unpaired) electrons. The second kappa shape index (κ2) is 8.12. The molecule has 3 N–H and O–H groups in total. The molecule has 1 aliphatic heterocycles. The van der Waals surface area contributed by atoms with Gasteiger partial charge in [-0.1, -0.05) is 6.92 Å². The van der Waals surface area contributed by atoms with Crippen LogP contribution in [0, 0.1) is 0 Å². The number of rotatable bonds is 5. The average molecular weight is 270 g/mol. The number of nitrogens with zero attached hydrogens (tertiary/aromatic N) is 1. The van der Waals surface area contributed by atoms with Gasteiger partial charge < -0.3 is 10.6 Å². The molecule has 19 heavy (non-hydrogen) atoms. The molecule has 0 aromatic heterocycles. The first-order valence-corrected chi connectivity index (χ1v) is 7.09. The zero-order valence-corrected chi connectivity index (χ0v) is 12.2. The second-order valence-corrected chi connectivity index (χ2v) is 4.98. The van der Waals surface area contributed by atoms with Crippen molar-refractivity contribution >= 4 is 11.9 Å². The monoisotopic (exact) mass is 270 g/mol. The van der Waals surface area contributed by atoms with Crippen molar-refractivity contribution < 1.29 is 9.59 Å². The maximum atomic E-state index is 12.0. The first-order chi connectivity index (χ1) is 9.10. The summed E-state index contributed by atoms with van der Waals surface area (Å²) in [6, 6.07) is -0.364. The van der Waals surface area contributed by atoms with Crippen molar-refractivity contribution in [2.45, 2.75) is 45.2 Å². The number of urea groups is 1. The minimum Gasteiger partial charge on any atom is -0.341 e. The summed E-state index contributed by atoms with van der Waals surface area (Å²) in [5.74, 6) is -0.238.